The molecule has 6 nitrogen and oxygen atoms in total. The lowest BCUT2D eigenvalue weighted by atomic mass is 9.97. The van der Waals surface area contributed by atoms with Gasteiger partial charge in [-0.25, -0.2) is 17.7 Å². The Balaban J connectivity index is 2.25. The van der Waals surface area contributed by atoms with Crippen LogP contribution in [-0.2, 0) is 14.8 Å². The van der Waals surface area contributed by atoms with Crippen molar-refractivity contribution >= 4 is 42.6 Å². The molecule has 2 rings (SSSR count). The van der Waals surface area contributed by atoms with Gasteiger partial charge in [-0.1, -0.05) is 38.0 Å². The van der Waals surface area contributed by atoms with Crippen molar-refractivity contribution in [3.63, 3.8) is 0 Å². The number of nitrogens with zero attached hydrogens (tertiary/aromatic N) is 2. The number of aromatic nitrogens is 1. The molecule has 2 aromatic rings. The minimum absolute atomic E-state index is 0.00769. The summed E-state index contributed by atoms with van der Waals surface area (Å²) in [5, 5.41) is 3.40. The molecule has 1 aromatic heterocycles. The average Bonchev–Trinajstić information content (AvgIpc) is 2.95. The molecular formula is C17H25N3O3S2. The number of carbonyl (C=O) groups is 1. The monoisotopic (exact) mass is 383 g/mol. The van der Waals surface area contributed by atoms with E-state index in [1.165, 1.54) is 29.7 Å². The van der Waals surface area contributed by atoms with Crippen molar-refractivity contribution in [3.8, 4) is 0 Å². The zero-order valence-electron chi connectivity index (χ0n) is 15.1. The Hall–Kier alpha value is -1.51. The maximum atomic E-state index is 12.4. The summed E-state index contributed by atoms with van der Waals surface area (Å²) in [5.74, 6) is -0.0180. The van der Waals surface area contributed by atoms with E-state index in [-0.39, 0.29) is 16.7 Å². The van der Waals surface area contributed by atoms with Crippen molar-refractivity contribution in [3.05, 3.63) is 18.2 Å². The summed E-state index contributed by atoms with van der Waals surface area (Å²) in [6.07, 6.45) is 3.64. The molecule has 25 heavy (non-hydrogen) atoms. The summed E-state index contributed by atoms with van der Waals surface area (Å²) in [6, 6.07) is 4.82. The van der Waals surface area contributed by atoms with Crippen LogP contribution in [0.25, 0.3) is 10.2 Å². The molecule has 0 spiro atoms. The van der Waals surface area contributed by atoms with Crippen LogP contribution in [0, 0.1) is 5.92 Å². The number of anilines is 1. The molecule has 0 atom stereocenters. The zero-order chi connectivity index (χ0) is 18.6. The lowest BCUT2D eigenvalue weighted by molar-refractivity contribution is -0.120. The first-order valence-electron chi connectivity index (χ1n) is 8.43. The van der Waals surface area contributed by atoms with Crippen molar-refractivity contribution in [1.82, 2.24) is 9.29 Å². The van der Waals surface area contributed by atoms with Crippen molar-refractivity contribution in [2.45, 2.75) is 44.4 Å². The van der Waals surface area contributed by atoms with Gasteiger partial charge in [-0.3, -0.25) is 4.79 Å². The highest BCUT2D eigenvalue weighted by Crippen LogP contribution is 2.29. The van der Waals surface area contributed by atoms with E-state index in [2.05, 4.69) is 24.1 Å². The number of nitrogens with one attached hydrogen (secondary N) is 1. The largest absolute Gasteiger partial charge is 0.302 e. The summed E-state index contributed by atoms with van der Waals surface area (Å²) in [4.78, 5) is 17.1. The Labute approximate surface area is 153 Å². The highest BCUT2D eigenvalue weighted by Gasteiger charge is 2.20. The van der Waals surface area contributed by atoms with E-state index in [0.29, 0.717) is 10.6 Å². The summed E-state index contributed by atoms with van der Waals surface area (Å²) >= 11 is 1.30. The number of amides is 1. The molecule has 1 N–H and O–H groups in total. The first-order valence-corrected chi connectivity index (χ1v) is 10.7. The van der Waals surface area contributed by atoms with Crippen LogP contribution in [0.4, 0.5) is 5.13 Å². The number of hydrogen-bond acceptors (Lipinski definition) is 5. The van der Waals surface area contributed by atoms with Gasteiger partial charge in [-0.2, -0.15) is 0 Å². The molecule has 8 heteroatoms. The fourth-order valence-corrected chi connectivity index (χ4v) is 4.55. The fourth-order valence-electron chi connectivity index (χ4n) is 2.64. The van der Waals surface area contributed by atoms with Gasteiger partial charge < -0.3 is 5.32 Å². The molecule has 0 aliphatic rings. The van der Waals surface area contributed by atoms with E-state index >= 15 is 0 Å². The highest BCUT2D eigenvalue weighted by molar-refractivity contribution is 7.89. The van der Waals surface area contributed by atoms with Crippen molar-refractivity contribution < 1.29 is 13.2 Å². The maximum Gasteiger partial charge on any atom is 0.242 e. The van der Waals surface area contributed by atoms with Gasteiger partial charge in [0.1, 0.15) is 0 Å². The minimum Gasteiger partial charge on any atom is -0.302 e. The third-order valence-electron chi connectivity index (χ3n) is 4.01. The van der Waals surface area contributed by atoms with Crippen LogP contribution >= 0.6 is 11.3 Å². The third kappa shape index (κ3) is 4.56. The lowest BCUT2D eigenvalue weighted by Crippen LogP contribution is -2.22. The molecule has 138 valence electrons. The van der Waals surface area contributed by atoms with E-state index in [1.54, 1.807) is 18.2 Å². The molecule has 0 saturated carbocycles. The molecule has 0 aliphatic carbocycles. The van der Waals surface area contributed by atoms with Gasteiger partial charge in [0, 0.05) is 20.0 Å². The number of hydrogen-bond donors (Lipinski definition) is 1. The predicted molar refractivity (Wildman–Crippen MR) is 102 cm³/mol. The summed E-state index contributed by atoms with van der Waals surface area (Å²) in [5.41, 5.74) is 0.681. The Morgan fingerprint density at radius 3 is 2.44 bits per heavy atom. The molecule has 0 bridgehead atoms. The predicted octanol–water partition coefficient (Wildman–Crippen LogP) is 3.70. The van der Waals surface area contributed by atoms with Crippen LogP contribution in [-0.4, -0.2) is 37.7 Å². The van der Waals surface area contributed by atoms with E-state index in [1.807, 2.05) is 0 Å². The van der Waals surface area contributed by atoms with Crippen molar-refractivity contribution in [2.24, 2.45) is 5.92 Å². The molecule has 1 heterocycles. The van der Waals surface area contributed by atoms with E-state index in [9.17, 15) is 13.2 Å². The van der Waals surface area contributed by atoms with Gasteiger partial charge in [0.15, 0.2) is 5.13 Å². The first-order chi connectivity index (χ1) is 11.8. The second kappa shape index (κ2) is 8.25. The molecule has 1 amide bonds. The molecular weight excluding hydrogens is 358 g/mol. The molecule has 1 aromatic carbocycles. The number of thiazole rings is 1. The SMILES string of the molecule is CCCC(CCC)C(=O)Nc1nc2ccc(S(=O)(=O)N(C)C)cc2s1. The van der Waals surface area contributed by atoms with Crippen molar-refractivity contribution in [2.75, 3.05) is 19.4 Å². The fraction of sp³-hybridized carbons (Fsp3) is 0.529. The van der Waals surface area contributed by atoms with Crippen LogP contribution in [0.1, 0.15) is 39.5 Å². The van der Waals surface area contributed by atoms with Crippen LogP contribution in [0.3, 0.4) is 0 Å². The molecule has 0 radical (unpaired) electrons. The van der Waals surface area contributed by atoms with E-state index in [0.717, 1.165) is 30.4 Å². The molecule has 0 unspecified atom stereocenters. The molecule has 0 saturated heterocycles. The van der Waals surface area contributed by atoms with Crippen molar-refractivity contribution in [1.29, 1.82) is 0 Å². The first kappa shape index (κ1) is 19.8. The van der Waals surface area contributed by atoms with Crippen LogP contribution < -0.4 is 5.32 Å². The maximum absolute atomic E-state index is 12.4. The third-order valence-corrected chi connectivity index (χ3v) is 6.76. The summed E-state index contributed by atoms with van der Waals surface area (Å²) in [6.45, 7) is 4.14. The van der Waals surface area contributed by atoms with Gasteiger partial charge in [0.2, 0.25) is 15.9 Å². The minimum atomic E-state index is -3.49. The second-order valence-electron chi connectivity index (χ2n) is 6.20. The Bertz CT molecular complexity index is 838. The second-order valence-corrected chi connectivity index (χ2v) is 9.38. The van der Waals surface area contributed by atoms with Crippen LogP contribution in [0.2, 0.25) is 0 Å². The molecule has 0 aliphatic heterocycles. The standard InChI is InChI=1S/C17H25N3O3S2/c1-5-7-12(8-6-2)16(21)19-17-18-14-10-9-13(11-15(14)24-17)25(22,23)20(3)4/h9-12H,5-8H2,1-4H3,(H,18,19,21). The number of carbonyl (C=O) groups excluding carboxylic acids is 1. The topological polar surface area (TPSA) is 79.4 Å². The van der Waals surface area contributed by atoms with Gasteiger partial charge in [0.05, 0.1) is 15.1 Å². The quantitative estimate of drug-likeness (QED) is 0.754. The molecule has 0 fully saturated rings. The van der Waals surface area contributed by atoms with Crippen LogP contribution in [0.15, 0.2) is 23.1 Å². The lowest BCUT2D eigenvalue weighted by Gasteiger charge is -2.13. The van der Waals surface area contributed by atoms with E-state index < -0.39 is 10.0 Å². The summed E-state index contributed by atoms with van der Waals surface area (Å²) < 4.78 is 26.4. The van der Waals surface area contributed by atoms with Gasteiger partial charge in [0.25, 0.3) is 0 Å². The Kier molecular flexibility index (Phi) is 6.53. The zero-order valence-corrected chi connectivity index (χ0v) is 16.7. The van der Waals surface area contributed by atoms with Crippen LogP contribution in [0.5, 0.6) is 0 Å². The number of fused-ring (bicyclic) bond motifs is 1. The normalized spacial score (nSPS) is 12.2. The number of rotatable bonds is 8. The van der Waals surface area contributed by atoms with E-state index in [4.69, 9.17) is 0 Å². The summed E-state index contributed by atoms with van der Waals surface area (Å²) in [7, 11) is -0.486. The van der Waals surface area contributed by atoms with Gasteiger partial charge in [-0.15, -0.1) is 0 Å². The smallest absolute Gasteiger partial charge is 0.242 e. The van der Waals surface area contributed by atoms with Gasteiger partial charge in [-0.05, 0) is 31.0 Å². The van der Waals surface area contributed by atoms with Gasteiger partial charge >= 0.3 is 0 Å². The average molecular weight is 384 g/mol. The highest BCUT2D eigenvalue weighted by atomic mass is 32.2. The Morgan fingerprint density at radius 2 is 1.88 bits per heavy atom. The number of sulfonamides is 1. The number of benzene rings is 1. The Morgan fingerprint density at radius 1 is 1.24 bits per heavy atom.